The van der Waals surface area contributed by atoms with Gasteiger partial charge in [-0.05, 0) is 36.5 Å². The minimum atomic E-state index is -0.233. The Kier molecular flexibility index (Phi) is 4.13. The molecule has 0 amide bonds. The zero-order valence-electron chi connectivity index (χ0n) is 11.6. The second kappa shape index (κ2) is 6.20. The van der Waals surface area contributed by atoms with Crippen LogP contribution in [-0.4, -0.2) is 18.4 Å². The highest BCUT2D eigenvalue weighted by Crippen LogP contribution is 2.14. The van der Waals surface area contributed by atoms with Crippen molar-refractivity contribution in [2.45, 2.75) is 6.54 Å². The van der Waals surface area contributed by atoms with Gasteiger partial charge in [0.25, 0.3) is 0 Å². The number of benzene rings is 2. The van der Waals surface area contributed by atoms with Crippen LogP contribution in [0.25, 0.3) is 0 Å². The Morgan fingerprint density at radius 2 is 1.81 bits per heavy atom. The maximum atomic E-state index is 13.0. The van der Waals surface area contributed by atoms with Crippen LogP contribution in [0.1, 0.15) is 5.56 Å². The summed E-state index contributed by atoms with van der Waals surface area (Å²) in [6, 6.07) is 16.8. The molecule has 3 rings (SSSR count). The highest BCUT2D eigenvalue weighted by atomic mass is 32.1. The zero-order valence-corrected chi connectivity index (χ0v) is 12.4. The molecule has 1 unspecified atom stereocenters. The molecular weight excluding hydrogens is 285 g/mol. The molecular formula is C16H17FN3S+. The highest BCUT2D eigenvalue weighted by Gasteiger charge is 2.24. The topological polar surface area (TPSA) is 19.7 Å². The lowest BCUT2D eigenvalue weighted by Gasteiger charge is -2.35. The molecule has 1 saturated heterocycles. The molecule has 0 bridgehead atoms. The van der Waals surface area contributed by atoms with Crippen molar-refractivity contribution in [2.24, 2.45) is 0 Å². The van der Waals surface area contributed by atoms with Crippen LogP contribution in [0.4, 0.5) is 10.1 Å². The fourth-order valence-corrected chi connectivity index (χ4v) is 2.72. The first-order chi connectivity index (χ1) is 10.2. The van der Waals surface area contributed by atoms with Gasteiger partial charge >= 0.3 is 0 Å². The van der Waals surface area contributed by atoms with Gasteiger partial charge in [0.05, 0.1) is 0 Å². The molecule has 21 heavy (non-hydrogen) atoms. The van der Waals surface area contributed by atoms with Gasteiger partial charge in [0, 0.05) is 11.3 Å². The molecule has 3 nitrogen and oxygen atoms in total. The fourth-order valence-electron chi connectivity index (χ4n) is 2.48. The number of thiocarbonyl (C=S) groups is 1. The van der Waals surface area contributed by atoms with Gasteiger partial charge in [-0.2, -0.15) is 0 Å². The van der Waals surface area contributed by atoms with E-state index in [2.05, 4.69) is 29.6 Å². The fraction of sp³-hybridized carbons (Fsp3) is 0.188. The van der Waals surface area contributed by atoms with Crippen LogP contribution in [0.2, 0.25) is 0 Å². The SMILES string of the molecule is Fc1ccc(N2C[NH+](Cc3ccccc3)CNC2=S)cc1. The Balaban J connectivity index is 1.72. The molecule has 2 aromatic carbocycles. The van der Waals surface area contributed by atoms with Crippen molar-refractivity contribution < 1.29 is 9.29 Å². The van der Waals surface area contributed by atoms with Crippen molar-refractivity contribution in [2.75, 3.05) is 18.2 Å². The number of nitrogens with one attached hydrogen (secondary N) is 2. The van der Waals surface area contributed by atoms with Gasteiger partial charge in [0.2, 0.25) is 0 Å². The molecule has 1 heterocycles. The van der Waals surface area contributed by atoms with Crippen LogP contribution < -0.4 is 15.1 Å². The smallest absolute Gasteiger partial charge is 0.182 e. The lowest BCUT2D eigenvalue weighted by Crippen LogP contribution is -3.16. The van der Waals surface area contributed by atoms with E-state index in [1.807, 2.05) is 11.0 Å². The minimum Gasteiger partial charge on any atom is -0.315 e. The molecule has 0 aliphatic carbocycles. The molecule has 0 spiro atoms. The number of quaternary nitrogens is 1. The van der Waals surface area contributed by atoms with Gasteiger partial charge in [-0.1, -0.05) is 30.3 Å². The summed E-state index contributed by atoms with van der Waals surface area (Å²) in [4.78, 5) is 3.37. The summed E-state index contributed by atoms with van der Waals surface area (Å²) < 4.78 is 13.0. The van der Waals surface area contributed by atoms with E-state index in [0.717, 1.165) is 25.6 Å². The largest absolute Gasteiger partial charge is 0.315 e. The third kappa shape index (κ3) is 3.37. The number of hydrogen-bond donors (Lipinski definition) is 2. The summed E-state index contributed by atoms with van der Waals surface area (Å²) in [7, 11) is 0. The third-order valence-corrected chi connectivity index (χ3v) is 3.92. The number of rotatable bonds is 3. The average Bonchev–Trinajstić information content (AvgIpc) is 2.51. The molecule has 1 aliphatic heterocycles. The Bertz CT molecular complexity index is 615. The standard InChI is InChI=1S/C16H16FN3S/c17-14-6-8-15(9-7-14)20-12-19(11-18-16(20)21)10-13-4-2-1-3-5-13/h1-9H,10-12H2,(H,18,21)/p+1. The van der Waals surface area contributed by atoms with Gasteiger partial charge < -0.3 is 5.32 Å². The van der Waals surface area contributed by atoms with Crippen molar-refractivity contribution in [3.63, 3.8) is 0 Å². The summed E-state index contributed by atoms with van der Waals surface area (Å²) >= 11 is 5.37. The van der Waals surface area contributed by atoms with Gasteiger partial charge in [0.1, 0.15) is 12.4 Å². The predicted molar refractivity (Wildman–Crippen MR) is 85.5 cm³/mol. The Labute approximate surface area is 129 Å². The third-order valence-electron chi connectivity index (χ3n) is 3.55. The van der Waals surface area contributed by atoms with E-state index >= 15 is 0 Å². The molecule has 1 fully saturated rings. The summed E-state index contributed by atoms with van der Waals surface area (Å²) in [6.45, 7) is 2.49. The Hall–Kier alpha value is -1.98. The number of nitrogens with zero attached hydrogens (tertiary/aromatic N) is 1. The maximum Gasteiger partial charge on any atom is 0.182 e. The van der Waals surface area contributed by atoms with Crippen LogP contribution in [0.3, 0.4) is 0 Å². The van der Waals surface area contributed by atoms with Crippen LogP contribution in [0.5, 0.6) is 0 Å². The van der Waals surface area contributed by atoms with E-state index in [1.165, 1.54) is 22.6 Å². The summed E-state index contributed by atoms with van der Waals surface area (Å²) in [6.07, 6.45) is 0. The normalized spacial score (nSPS) is 18.4. The quantitative estimate of drug-likeness (QED) is 0.839. The molecule has 2 aromatic rings. The van der Waals surface area contributed by atoms with E-state index in [-0.39, 0.29) is 5.82 Å². The second-order valence-electron chi connectivity index (χ2n) is 5.13. The van der Waals surface area contributed by atoms with Crippen LogP contribution in [0.15, 0.2) is 54.6 Å². The molecule has 108 valence electrons. The Morgan fingerprint density at radius 3 is 2.52 bits per heavy atom. The lowest BCUT2D eigenvalue weighted by molar-refractivity contribution is -0.916. The maximum absolute atomic E-state index is 13.0. The molecule has 1 atom stereocenters. The molecule has 0 saturated carbocycles. The number of hydrogen-bond acceptors (Lipinski definition) is 1. The molecule has 0 radical (unpaired) electrons. The highest BCUT2D eigenvalue weighted by molar-refractivity contribution is 7.80. The zero-order chi connectivity index (χ0) is 14.7. The van der Waals surface area contributed by atoms with Crippen molar-refractivity contribution in [1.82, 2.24) is 5.32 Å². The van der Waals surface area contributed by atoms with E-state index in [4.69, 9.17) is 12.2 Å². The van der Waals surface area contributed by atoms with Crippen molar-refractivity contribution in [3.8, 4) is 0 Å². The summed E-state index contributed by atoms with van der Waals surface area (Å²) in [5.74, 6) is -0.233. The average molecular weight is 302 g/mol. The molecule has 1 aliphatic rings. The minimum absolute atomic E-state index is 0.233. The van der Waals surface area contributed by atoms with E-state index in [1.54, 1.807) is 12.1 Å². The Morgan fingerprint density at radius 1 is 1.10 bits per heavy atom. The van der Waals surface area contributed by atoms with Crippen molar-refractivity contribution in [3.05, 3.63) is 66.0 Å². The second-order valence-corrected chi connectivity index (χ2v) is 5.52. The lowest BCUT2D eigenvalue weighted by atomic mass is 10.2. The van der Waals surface area contributed by atoms with E-state index in [9.17, 15) is 4.39 Å². The number of anilines is 1. The van der Waals surface area contributed by atoms with Crippen LogP contribution >= 0.6 is 12.2 Å². The molecule has 5 heteroatoms. The summed E-state index contributed by atoms with van der Waals surface area (Å²) in [5.41, 5.74) is 2.21. The first-order valence-electron chi connectivity index (χ1n) is 6.91. The van der Waals surface area contributed by atoms with E-state index < -0.39 is 0 Å². The first kappa shape index (κ1) is 14.0. The van der Waals surface area contributed by atoms with E-state index in [0.29, 0.717) is 5.11 Å². The van der Waals surface area contributed by atoms with Crippen molar-refractivity contribution >= 4 is 23.0 Å². The van der Waals surface area contributed by atoms with Crippen molar-refractivity contribution in [1.29, 1.82) is 0 Å². The van der Waals surface area contributed by atoms with Gasteiger partial charge in [-0.15, -0.1) is 0 Å². The molecule has 0 aromatic heterocycles. The first-order valence-corrected chi connectivity index (χ1v) is 7.31. The van der Waals surface area contributed by atoms with Crippen LogP contribution in [0, 0.1) is 5.82 Å². The van der Waals surface area contributed by atoms with Gasteiger partial charge in [-0.25, -0.2) is 4.39 Å². The van der Waals surface area contributed by atoms with Crippen LogP contribution in [-0.2, 0) is 6.54 Å². The molecule has 2 N–H and O–H groups in total. The monoisotopic (exact) mass is 302 g/mol. The summed E-state index contributed by atoms with van der Waals surface area (Å²) in [5, 5.41) is 3.94. The predicted octanol–water partition coefficient (Wildman–Crippen LogP) is 1.52. The number of halogens is 1. The van der Waals surface area contributed by atoms with Gasteiger partial charge in [0.15, 0.2) is 18.4 Å². The van der Waals surface area contributed by atoms with Gasteiger partial charge in [-0.3, -0.25) is 9.80 Å².